The first-order chi connectivity index (χ1) is 12.4. The molecular weight excluding hydrogens is 338 g/mol. The minimum absolute atomic E-state index is 0.00789. The molecular formula is C18H29N3O5. The smallest absolute Gasteiger partial charge is 0.306 e. The molecule has 2 aliphatic rings. The van der Waals surface area contributed by atoms with Gasteiger partial charge in [-0.3, -0.25) is 19.2 Å². The van der Waals surface area contributed by atoms with Crippen molar-refractivity contribution in [2.45, 2.75) is 44.9 Å². The number of rotatable bonds is 5. The lowest BCUT2D eigenvalue weighted by Crippen LogP contribution is -2.48. The van der Waals surface area contributed by atoms with Gasteiger partial charge in [0.25, 0.3) is 0 Å². The molecule has 0 atom stereocenters. The van der Waals surface area contributed by atoms with Crippen molar-refractivity contribution in [2.75, 3.05) is 39.8 Å². The van der Waals surface area contributed by atoms with Gasteiger partial charge >= 0.3 is 5.97 Å². The molecule has 0 radical (unpaired) electrons. The second-order valence-electron chi connectivity index (χ2n) is 7.22. The third kappa shape index (κ3) is 5.71. The van der Waals surface area contributed by atoms with Crippen molar-refractivity contribution in [1.82, 2.24) is 14.7 Å². The number of carbonyl (C=O) groups is 4. The normalized spacial score (nSPS) is 19.7. The van der Waals surface area contributed by atoms with Crippen LogP contribution in [0, 0.1) is 5.92 Å². The van der Waals surface area contributed by atoms with Crippen LogP contribution in [0.25, 0.3) is 0 Å². The standard InChI is InChI=1S/C18H29N3O5/c1-19(12-17(24)20-10-7-14(8-11-20)18(25)26)16(23)13-21-9-5-3-2-4-6-15(21)22/h14H,2-13H2,1H3,(H,25,26). The number of likely N-dealkylation sites (N-methyl/N-ethyl adjacent to an activating group) is 1. The molecule has 1 N–H and O–H groups in total. The van der Waals surface area contributed by atoms with E-state index >= 15 is 0 Å². The van der Waals surface area contributed by atoms with Gasteiger partial charge in [-0.05, 0) is 25.7 Å². The molecule has 26 heavy (non-hydrogen) atoms. The molecule has 2 aliphatic heterocycles. The van der Waals surface area contributed by atoms with Crippen molar-refractivity contribution in [3.8, 4) is 0 Å². The highest BCUT2D eigenvalue weighted by Crippen LogP contribution is 2.17. The quantitative estimate of drug-likeness (QED) is 0.766. The molecule has 2 fully saturated rings. The molecule has 0 aromatic rings. The Hall–Kier alpha value is -2.12. The number of hydrogen-bond acceptors (Lipinski definition) is 4. The van der Waals surface area contributed by atoms with Crippen molar-refractivity contribution in [3.63, 3.8) is 0 Å². The zero-order valence-electron chi connectivity index (χ0n) is 15.5. The first-order valence-corrected chi connectivity index (χ1v) is 9.41. The van der Waals surface area contributed by atoms with Crippen LogP contribution in [0.2, 0.25) is 0 Å². The fourth-order valence-corrected chi connectivity index (χ4v) is 3.43. The van der Waals surface area contributed by atoms with Crippen LogP contribution < -0.4 is 0 Å². The van der Waals surface area contributed by atoms with E-state index in [2.05, 4.69) is 0 Å². The Morgan fingerprint density at radius 2 is 1.73 bits per heavy atom. The molecule has 8 heteroatoms. The van der Waals surface area contributed by atoms with Gasteiger partial charge in [0.15, 0.2) is 0 Å². The third-order valence-corrected chi connectivity index (χ3v) is 5.24. The van der Waals surface area contributed by atoms with E-state index < -0.39 is 11.9 Å². The number of carboxylic acids is 1. The van der Waals surface area contributed by atoms with E-state index in [4.69, 9.17) is 5.11 Å². The van der Waals surface area contributed by atoms with Crippen molar-refractivity contribution in [2.24, 2.45) is 5.92 Å². The van der Waals surface area contributed by atoms with E-state index in [-0.39, 0.29) is 30.8 Å². The van der Waals surface area contributed by atoms with Crippen LogP contribution in [0.5, 0.6) is 0 Å². The number of nitrogens with zero attached hydrogens (tertiary/aromatic N) is 3. The van der Waals surface area contributed by atoms with E-state index in [1.807, 2.05) is 0 Å². The number of carbonyl (C=O) groups excluding carboxylic acids is 3. The molecule has 146 valence electrons. The summed E-state index contributed by atoms with van der Waals surface area (Å²) in [5, 5.41) is 9.01. The Bertz CT molecular complexity index is 543. The minimum atomic E-state index is -0.817. The van der Waals surface area contributed by atoms with Crippen molar-refractivity contribution >= 4 is 23.7 Å². The lowest BCUT2D eigenvalue weighted by molar-refractivity contribution is -0.147. The number of hydrogen-bond donors (Lipinski definition) is 1. The van der Waals surface area contributed by atoms with Crippen LogP contribution in [0.4, 0.5) is 0 Å². The van der Waals surface area contributed by atoms with Crippen LogP contribution in [0.15, 0.2) is 0 Å². The molecule has 0 saturated carbocycles. The molecule has 0 bridgehead atoms. The van der Waals surface area contributed by atoms with Gasteiger partial charge in [-0.2, -0.15) is 0 Å². The highest BCUT2D eigenvalue weighted by molar-refractivity contribution is 5.88. The summed E-state index contributed by atoms with van der Waals surface area (Å²) in [6.07, 6.45) is 5.26. The maximum atomic E-state index is 12.4. The topological polar surface area (TPSA) is 98.2 Å². The largest absolute Gasteiger partial charge is 0.481 e. The Balaban J connectivity index is 1.79. The van der Waals surface area contributed by atoms with E-state index in [9.17, 15) is 19.2 Å². The summed E-state index contributed by atoms with van der Waals surface area (Å²) < 4.78 is 0. The van der Waals surface area contributed by atoms with E-state index in [1.165, 1.54) is 4.90 Å². The zero-order valence-corrected chi connectivity index (χ0v) is 15.5. The van der Waals surface area contributed by atoms with Crippen molar-refractivity contribution in [3.05, 3.63) is 0 Å². The molecule has 0 aliphatic carbocycles. The summed E-state index contributed by atoms with van der Waals surface area (Å²) in [7, 11) is 1.57. The second-order valence-corrected chi connectivity index (χ2v) is 7.22. The fourth-order valence-electron chi connectivity index (χ4n) is 3.43. The average molecular weight is 367 g/mol. The van der Waals surface area contributed by atoms with Gasteiger partial charge in [-0.25, -0.2) is 0 Å². The summed E-state index contributed by atoms with van der Waals surface area (Å²) in [6, 6.07) is 0. The second kappa shape index (κ2) is 9.54. The zero-order chi connectivity index (χ0) is 19.1. The van der Waals surface area contributed by atoms with Gasteiger partial charge in [0, 0.05) is 33.1 Å². The number of piperidine rings is 1. The molecule has 2 rings (SSSR count). The number of aliphatic carboxylic acids is 1. The summed E-state index contributed by atoms with van der Waals surface area (Å²) in [6.45, 7) is 1.38. The number of likely N-dealkylation sites (tertiary alicyclic amines) is 2. The number of amides is 3. The molecule has 2 heterocycles. The molecule has 0 aromatic carbocycles. The third-order valence-electron chi connectivity index (χ3n) is 5.24. The first-order valence-electron chi connectivity index (χ1n) is 9.41. The SMILES string of the molecule is CN(CC(=O)N1CCC(C(=O)O)CC1)C(=O)CN1CCCCCCC1=O. The summed E-state index contributed by atoms with van der Waals surface area (Å²) in [4.78, 5) is 52.4. The summed E-state index contributed by atoms with van der Waals surface area (Å²) in [5.41, 5.74) is 0. The molecule has 0 aromatic heterocycles. The van der Waals surface area contributed by atoms with Gasteiger partial charge in [0.1, 0.15) is 0 Å². The highest BCUT2D eigenvalue weighted by Gasteiger charge is 2.28. The summed E-state index contributed by atoms with van der Waals surface area (Å²) >= 11 is 0. The lowest BCUT2D eigenvalue weighted by Gasteiger charge is -2.32. The van der Waals surface area contributed by atoms with Crippen LogP contribution in [-0.2, 0) is 19.2 Å². The Labute approximate surface area is 154 Å². The Kier molecular flexibility index (Phi) is 7.41. The van der Waals surface area contributed by atoms with Crippen molar-refractivity contribution in [1.29, 1.82) is 0 Å². The molecule has 2 saturated heterocycles. The van der Waals surface area contributed by atoms with Crippen molar-refractivity contribution < 1.29 is 24.3 Å². The van der Waals surface area contributed by atoms with Gasteiger partial charge in [0.05, 0.1) is 19.0 Å². The predicted octanol–water partition coefficient (Wildman–Crippen LogP) is 0.561. The van der Waals surface area contributed by atoms with E-state index in [0.717, 1.165) is 25.7 Å². The van der Waals surface area contributed by atoms with Crippen LogP contribution in [0.3, 0.4) is 0 Å². The Morgan fingerprint density at radius 3 is 2.38 bits per heavy atom. The van der Waals surface area contributed by atoms with Gasteiger partial charge in [0.2, 0.25) is 17.7 Å². The maximum absolute atomic E-state index is 12.4. The first kappa shape index (κ1) is 20.2. The van der Waals surface area contributed by atoms with E-state index in [1.54, 1.807) is 16.8 Å². The van der Waals surface area contributed by atoms with Gasteiger partial charge in [-0.1, -0.05) is 12.8 Å². The van der Waals surface area contributed by atoms with Gasteiger partial charge < -0.3 is 19.8 Å². The lowest BCUT2D eigenvalue weighted by atomic mass is 9.97. The fraction of sp³-hybridized carbons (Fsp3) is 0.778. The summed E-state index contributed by atoms with van der Waals surface area (Å²) in [5.74, 6) is -1.62. The number of carboxylic acid groups (broad SMARTS) is 1. The predicted molar refractivity (Wildman–Crippen MR) is 94.2 cm³/mol. The molecule has 3 amide bonds. The van der Waals surface area contributed by atoms with Gasteiger partial charge in [-0.15, -0.1) is 0 Å². The minimum Gasteiger partial charge on any atom is -0.481 e. The van der Waals surface area contributed by atoms with Crippen LogP contribution in [0.1, 0.15) is 44.9 Å². The molecule has 0 spiro atoms. The van der Waals surface area contributed by atoms with Crippen LogP contribution >= 0.6 is 0 Å². The monoisotopic (exact) mass is 367 g/mol. The molecule has 0 unspecified atom stereocenters. The Morgan fingerprint density at radius 1 is 1.08 bits per heavy atom. The highest BCUT2D eigenvalue weighted by atomic mass is 16.4. The average Bonchev–Trinajstić information content (AvgIpc) is 2.61. The van der Waals surface area contributed by atoms with E-state index in [0.29, 0.717) is 38.9 Å². The van der Waals surface area contributed by atoms with Crippen LogP contribution in [-0.4, -0.2) is 83.3 Å². The molecule has 8 nitrogen and oxygen atoms in total. The maximum Gasteiger partial charge on any atom is 0.306 e.